The standard InChI is InChI=1S/C12H12Cl2N2/c1-8-5-6-15-12(16-8)7-9-10(13)3-2-4-11(9)14/h2-4,6,8H,5,7H2,1H3/t8-/m1/s1. The molecule has 1 aliphatic rings. The molecule has 0 bridgehead atoms. The van der Waals surface area contributed by atoms with E-state index in [-0.39, 0.29) is 0 Å². The molecule has 1 atom stereocenters. The molecule has 0 unspecified atom stereocenters. The molecule has 0 aromatic heterocycles. The zero-order valence-corrected chi connectivity index (χ0v) is 10.5. The third kappa shape index (κ3) is 2.63. The Morgan fingerprint density at radius 2 is 2.00 bits per heavy atom. The van der Waals surface area contributed by atoms with Crippen molar-refractivity contribution in [1.29, 1.82) is 0 Å². The van der Waals surface area contributed by atoms with Crippen LogP contribution in [0, 0.1) is 0 Å². The summed E-state index contributed by atoms with van der Waals surface area (Å²) in [7, 11) is 0. The van der Waals surface area contributed by atoms with Gasteiger partial charge in [0.05, 0.1) is 6.04 Å². The smallest absolute Gasteiger partial charge is 0.127 e. The fraction of sp³-hybridized carbons (Fsp3) is 0.333. The lowest BCUT2D eigenvalue weighted by atomic mass is 10.1. The number of benzene rings is 1. The second-order valence-electron chi connectivity index (χ2n) is 3.82. The first-order valence-corrected chi connectivity index (χ1v) is 5.94. The van der Waals surface area contributed by atoms with Gasteiger partial charge in [0.1, 0.15) is 5.84 Å². The fourth-order valence-corrected chi connectivity index (χ4v) is 2.13. The molecule has 16 heavy (non-hydrogen) atoms. The van der Waals surface area contributed by atoms with Gasteiger partial charge in [-0.1, -0.05) is 29.3 Å². The maximum atomic E-state index is 6.09. The molecule has 0 saturated heterocycles. The first-order chi connectivity index (χ1) is 7.66. The van der Waals surface area contributed by atoms with Crippen LogP contribution in [0.4, 0.5) is 0 Å². The molecule has 0 fully saturated rings. The summed E-state index contributed by atoms with van der Waals surface area (Å²) in [6.07, 6.45) is 3.40. The van der Waals surface area contributed by atoms with Crippen LogP contribution in [-0.2, 0) is 6.42 Å². The molecule has 2 nitrogen and oxygen atoms in total. The van der Waals surface area contributed by atoms with E-state index in [1.807, 2.05) is 24.4 Å². The zero-order valence-electron chi connectivity index (χ0n) is 8.95. The summed E-state index contributed by atoms with van der Waals surface area (Å²) < 4.78 is 0. The minimum absolute atomic E-state index is 0.300. The number of hydrogen-bond donors (Lipinski definition) is 0. The fourth-order valence-electron chi connectivity index (χ4n) is 1.60. The molecule has 0 saturated carbocycles. The molecule has 0 amide bonds. The van der Waals surface area contributed by atoms with E-state index in [2.05, 4.69) is 16.9 Å². The Morgan fingerprint density at radius 1 is 1.31 bits per heavy atom. The van der Waals surface area contributed by atoms with Crippen LogP contribution in [0.2, 0.25) is 10.0 Å². The van der Waals surface area contributed by atoms with Gasteiger partial charge in [0.15, 0.2) is 0 Å². The SMILES string of the molecule is C[C@@H]1CC=NC(Cc2c(Cl)cccc2Cl)=N1. The summed E-state index contributed by atoms with van der Waals surface area (Å²) in [5, 5.41) is 1.34. The van der Waals surface area contributed by atoms with Crippen LogP contribution in [0.1, 0.15) is 18.9 Å². The quantitative estimate of drug-likeness (QED) is 0.767. The molecule has 0 aliphatic carbocycles. The van der Waals surface area contributed by atoms with E-state index >= 15 is 0 Å². The summed E-state index contributed by atoms with van der Waals surface area (Å²) in [5.74, 6) is 0.800. The van der Waals surface area contributed by atoms with Crippen molar-refractivity contribution in [3.05, 3.63) is 33.8 Å². The highest BCUT2D eigenvalue weighted by atomic mass is 35.5. The Labute approximate surface area is 105 Å². The second kappa shape index (κ2) is 4.98. The van der Waals surface area contributed by atoms with Gasteiger partial charge < -0.3 is 0 Å². The van der Waals surface area contributed by atoms with Crippen molar-refractivity contribution < 1.29 is 0 Å². The number of rotatable bonds is 2. The van der Waals surface area contributed by atoms with Crippen molar-refractivity contribution in [3.63, 3.8) is 0 Å². The van der Waals surface area contributed by atoms with Gasteiger partial charge in [-0.2, -0.15) is 0 Å². The van der Waals surface area contributed by atoms with Crippen LogP contribution in [0.5, 0.6) is 0 Å². The molecule has 0 spiro atoms. The normalized spacial score (nSPS) is 19.7. The average molecular weight is 255 g/mol. The van der Waals surface area contributed by atoms with E-state index in [1.54, 1.807) is 0 Å². The van der Waals surface area contributed by atoms with E-state index in [9.17, 15) is 0 Å². The first-order valence-electron chi connectivity index (χ1n) is 5.19. The number of hydrogen-bond acceptors (Lipinski definition) is 2. The number of nitrogens with zero attached hydrogens (tertiary/aromatic N) is 2. The highest BCUT2D eigenvalue weighted by Gasteiger charge is 2.11. The average Bonchev–Trinajstić information content (AvgIpc) is 2.24. The first kappa shape index (κ1) is 11.6. The topological polar surface area (TPSA) is 24.7 Å². The Bertz CT molecular complexity index is 432. The van der Waals surface area contributed by atoms with Gasteiger partial charge in [-0.05, 0) is 24.6 Å². The van der Waals surface area contributed by atoms with E-state index < -0.39 is 0 Å². The summed E-state index contributed by atoms with van der Waals surface area (Å²) in [4.78, 5) is 8.73. The molecule has 1 aliphatic heterocycles. The molecule has 0 radical (unpaired) electrons. The molecular weight excluding hydrogens is 243 g/mol. The van der Waals surface area contributed by atoms with Gasteiger partial charge >= 0.3 is 0 Å². The van der Waals surface area contributed by atoms with Crippen molar-refractivity contribution in [2.75, 3.05) is 0 Å². The Hall–Kier alpha value is -0.860. The van der Waals surface area contributed by atoms with Crippen molar-refractivity contribution in [2.45, 2.75) is 25.8 Å². The monoisotopic (exact) mass is 254 g/mol. The highest BCUT2D eigenvalue weighted by Crippen LogP contribution is 2.25. The molecule has 1 aromatic carbocycles. The Morgan fingerprint density at radius 3 is 2.62 bits per heavy atom. The Kier molecular flexibility index (Phi) is 3.62. The highest BCUT2D eigenvalue weighted by molar-refractivity contribution is 6.36. The van der Waals surface area contributed by atoms with Crippen LogP contribution in [0.15, 0.2) is 28.2 Å². The van der Waals surface area contributed by atoms with Gasteiger partial charge in [-0.15, -0.1) is 0 Å². The van der Waals surface area contributed by atoms with Crippen LogP contribution in [-0.4, -0.2) is 18.1 Å². The van der Waals surface area contributed by atoms with E-state index in [0.29, 0.717) is 22.5 Å². The van der Waals surface area contributed by atoms with Crippen molar-refractivity contribution in [2.24, 2.45) is 9.98 Å². The number of halogens is 2. The molecule has 0 N–H and O–H groups in total. The van der Waals surface area contributed by atoms with Crippen LogP contribution in [0.25, 0.3) is 0 Å². The summed E-state index contributed by atoms with van der Waals surface area (Å²) in [5.41, 5.74) is 0.899. The second-order valence-corrected chi connectivity index (χ2v) is 4.63. The zero-order chi connectivity index (χ0) is 11.5. The molecule has 84 valence electrons. The lowest BCUT2D eigenvalue weighted by molar-refractivity contribution is 0.773. The summed E-state index contributed by atoms with van der Waals surface area (Å²) in [6.45, 7) is 2.07. The van der Waals surface area contributed by atoms with Crippen molar-refractivity contribution in [1.82, 2.24) is 0 Å². The number of amidine groups is 1. The Balaban J connectivity index is 2.24. The largest absolute Gasteiger partial charge is 0.267 e. The van der Waals surface area contributed by atoms with Gasteiger partial charge in [0.25, 0.3) is 0 Å². The lowest BCUT2D eigenvalue weighted by Crippen LogP contribution is -2.13. The predicted octanol–water partition coefficient (Wildman–Crippen LogP) is 3.80. The minimum atomic E-state index is 0.300. The maximum absolute atomic E-state index is 6.09. The third-order valence-electron chi connectivity index (χ3n) is 2.45. The van der Waals surface area contributed by atoms with Crippen LogP contribution >= 0.6 is 23.2 Å². The van der Waals surface area contributed by atoms with Gasteiger partial charge in [0, 0.05) is 29.1 Å². The van der Waals surface area contributed by atoms with Crippen molar-refractivity contribution >= 4 is 35.3 Å². The molecule has 4 heteroatoms. The van der Waals surface area contributed by atoms with E-state index in [0.717, 1.165) is 17.8 Å². The minimum Gasteiger partial charge on any atom is -0.267 e. The van der Waals surface area contributed by atoms with E-state index in [1.165, 1.54) is 0 Å². The van der Waals surface area contributed by atoms with Gasteiger partial charge in [0.2, 0.25) is 0 Å². The molecule has 1 heterocycles. The summed E-state index contributed by atoms with van der Waals surface area (Å²) >= 11 is 12.2. The maximum Gasteiger partial charge on any atom is 0.127 e. The number of aliphatic imine (C=N–C) groups is 2. The third-order valence-corrected chi connectivity index (χ3v) is 3.16. The van der Waals surface area contributed by atoms with Gasteiger partial charge in [-0.25, -0.2) is 4.99 Å². The molecule has 1 aromatic rings. The van der Waals surface area contributed by atoms with Crippen molar-refractivity contribution in [3.8, 4) is 0 Å². The lowest BCUT2D eigenvalue weighted by Gasteiger charge is -2.12. The van der Waals surface area contributed by atoms with Crippen LogP contribution in [0.3, 0.4) is 0 Å². The molecule has 2 rings (SSSR count). The van der Waals surface area contributed by atoms with Crippen LogP contribution < -0.4 is 0 Å². The predicted molar refractivity (Wildman–Crippen MR) is 70.2 cm³/mol. The van der Waals surface area contributed by atoms with Gasteiger partial charge in [-0.3, -0.25) is 4.99 Å². The summed E-state index contributed by atoms with van der Waals surface area (Å²) in [6, 6.07) is 5.80. The molecular formula is C12H12Cl2N2. The van der Waals surface area contributed by atoms with E-state index in [4.69, 9.17) is 23.2 Å².